The highest BCUT2D eigenvalue weighted by molar-refractivity contribution is 5.93. The number of methoxy groups -OCH3 is 2. The number of nitrogens with zero attached hydrogens (tertiary/aromatic N) is 2. The molecule has 0 unspecified atom stereocenters. The molecule has 0 aliphatic heterocycles. The number of ether oxygens (including phenoxy) is 2. The third kappa shape index (κ3) is 3.80. The molecule has 8 heteroatoms. The van der Waals surface area contributed by atoms with Crippen molar-refractivity contribution >= 4 is 5.91 Å². The van der Waals surface area contributed by atoms with Gasteiger partial charge in [-0.15, -0.1) is 0 Å². The minimum absolute atomic E-state index is 0.201. The maximum absolute atomic E-state index is 13.7. The number of aryl methyl sites for hydroxylation is 1. The summed E-state index contributed by atoms with van der Waals surface area (Å²) in [4.78, 5) is 12.5. The molecule has 0 atom stereocenters. The van der Waals surface area contributed by atoms with Crippen molar-refractivity contribution < 1.29 is 23.0 Å². The molecule has 1 heterocycles. The second kappa shape index (κ2) is 8.08. The molecule has 6 nitrogen and oxygen atoms in total. The molecule has 0 fully saturated rings. The number of nitrogens with one attached hydrogen (secondary N) is 1. The van der Waals surface area contributed by atoms with E-state index in [4.69, 9.17) is 9.47 Å². The minimum Gasteiger partial charge on any atom is -0.497 e. The fourth-order valence-corrected chi connectivity index (χ4v) is 2.79. The normalized spacial score (nSPS) is 10.6. The van der Waals surface area contributed by atoms with Gasteiger partial charge in [-0.25, -0.2) is 8.78 Å². The van der Waals surface area contributed by atoms with E-state index in [0.29, 0.717) is 22.8 Å². The standard InChI is InChI=1S/C20H19F2N3O3/c1-25-18(20(26)23-11-14-15(21)5-4-6-16(14)22)10-17(24-25)13-9-12(27-2)7-8-19(13)28-3/h4-10H,11H2,1-3H3,(H,23,26). The van der Waals surface area contributed by atoms with Crippen molar-refractivity contribution in [2.75, 3.05) is 14.2 Å². The van der Waals surface area contributed by atoms with E-state index in [2.05, 4.69) is 10.4 Å². The highest BCUT2D eigenvalue weighted by Crippen LogP contribution is 2.32. The SMILES string of the molecule is COc1ccc(OC)c(-c2cc(C(=O)NCc3c(F)cccc3F)n(C)n2)c1. The van der Waals surface area contributed by atoms with Crippen LogP contribution in [0.3, 0.4) is 0 Å². The van der Waals surface area contributed by atoms with Gasteiger partial charge in [0.2, 0.25) is 0 Å². The maximum atomic E-state index is 13.7. The van der Waals surface area contributed by atoms with Crippen LogP contribution in [0.15, 0.2) is 42.5 Å². The van der Waals surface area contributed by atoms with Crippen molar-refractivity contribution in [2.45, 2.75) is 6.54 Å². The highest BCUT2D eigenvalue weighted by atomic mass is 19.1. The van der Waals surface area contributed by atoms with Crippen LogP contribution in [0.1, 0.15) is 16.1 Å². The number of aromatic nitrogens is 2. The Kier molecular flexibility index (Phi) is 5.58. The van der Waals surface area contributed by atoms with Gasteiger partial charge in [0.1, 0.15) is 28.8 Å². The Morgan fingerprint density at radius 3 is 2.46 bits per heavy atom. The minimum atomic E-state index is -0.716. The second-order valence-corrected chi connectivity index (χ2v) is 5.99. The van der Waals surface area contributed by atoms with Gasteiger partial charge < -0.3 is 14.8 Å². The van der Waals surface area contributed by atoms with Crippen molar-refractivity contribution in [1.82, 2.24) is 15.1 Å². The smallest absolute Gasteiger partial charge is 0.269 e. The number of carbonyl (C=O) groups excluding carboxylic acids is 1. The van der Waals surface area contributed by atoms with E-state index in [1.54, 1.807) is 38.4 Å². The third-order valence-corrected chi connectivity index (χ3v) is 4.28. The Morgan fingerprint density at radius 1 is 1.11 bits per heavy atom. The summed E-state index contributed by atoms with van der Waals surface area (Å²) in [6, 6.07) is 10.4. The first-order valence-corrected chi connectivity index (χ1v) is 8.42. The first-order chi connectivity index (χ1) is 13.4. The molecule has 3 aromatic rings. The van der Waals surface area contributed by atoms with Crippen LogP contribution in [0.4, 0.5) is 8.78 Å². The van der Waals surface area contributed by atoms with Gasteiger partial charge in [-0.2, -0.15) is 5.10 Å². The van der Waals surface area contributed by atoms with Gasteiger partial charge in [-0.3, -0.25) is 9.48 Å². The Hall–Kier alpha value is -3.42. The third-order valence-electron chi connectivity index (χ3n) is 4.28. The Labute approximate surface area is 160 Å². The fourth-order valence-electron chi connectivity index (χ4n) is 2.79. The van der Waals surface area contributed by atoms with Crippen molar-refractivity contribution in [1.29, 1.82) is 0 Å². The number of rotatable bonds is 6. The van der Waals surface area contributed by atoms with Gasteiger partial charge in [0.05, 0.1) is 19.9 Å². The number of hydrogen-bond acceptors (Lipinski definition) is 4. The van der Waals surface area contributed by atoms with E-state index in [1.807, 2.05) is 0 Å². The van der Waals surface area contributed by atoms with Gasteiger partial charge in [0.15, 0.2) is 0 Å². The van der Waals surface area contributed by atoms with Crippen molar-refractivity contribution in [3.63, 3.8) is 0 Å². The van der Waals surface area contributed by atoms with Gasteiger partial charge in [0, 0.05) is 24.7 Å². The van der Waals surface area contributed by atoms with E-state index in [1.165, 1.54) is 17.9 Å². The van der Waals surface area contributed by atoms with Gasteiger partial charge in [-0.05, 0) is 36.4 Å². The molecule has 0 radical (unpaired) electrons. The maximum Gasteiger partial charge on any atom is 0.269 e. The zero-order chi connectivity index (χ0) is 20.3. The monoisotopic (exact) mass is 387 g/mol. The summed E-state index contributed by atoms with van der Waals surface area (Å²) in [5.74, 6) is -0.758. The van der Waals surface area contributed by atoms with Crippen LogP contribution in [0.2, 0.25) is 0 Å². The summed E-state index contributed by atoms with van der Waals surface area (Å²) in [6.07, 6.45) is 0. The number of amides is 1. The molecule has 0 aliphatic rings. The van der Waals surface area contributed by atoms with Crippen LogP contribution in [0.5, 0.6) is 11.5 Å². The van der Waals surface area contributed by atoms with Crippen LogP contribution in [-0.2, 0) is 13.6 Å². The summed E-state index contributed by atoms with van der Waals surface area (Å²) in [6.45, 7) is -0.277. The average Bonchev–Trinajstić information content (AvgIpc) is 3.08. The van der Waals surface area contributed by atoms with E-state index < -0.39 is 17.5 Å². The van der Waals surface area contributed by atoms with E-state index in [-0.39, 0.29) is 17.8 Å². The molecule has 2 aromatic carbocycles. The zero-order valence-corrected chi connectivity index (χ0v) is 15.6. The number of benzene rings is 2. The zero-order valence-electron chi connectivity index (χ0n) is 15.6. The number of halogens is 2. The molecule has 3 rings (SSSR count). The van der Waals surface area contributed by atoms with Gasteiger partial charge in [-0.1, -0.05) is 6.07 Å². The molecule has 146 valence electrons. The lowest BCUT2D eigenvalue weighted by molar-refractivity contribution is 0.0941. The lowest BCUT2D eigenvalue weighted by Crippen LogP contribution is -2.26. The summed E-state index contributed by atoms with van der Waals surface area (Å²) in [5, 5.41) is 6.87. The average molecular weight is 387 g/mol. The summed E-state index contributed by atoms with van der Waals surface area (Å²) >= 11 is 0. The Balaban J connectivity index is 1.85. The second-order valence-electron chi connectivity index (χ2n) is 5.99. The van der Waals surface area contributed by atoms with E-state index >= 15 is 0 Å². The highest BCUT2D eigenvalue weighted by Gasteiger charge is 2.18. The molecule has 1 aromatic heterocycles. The Morgan fingerprint density at radius 2 is 1.82 bits per heavy atom. The van der Waals surface area contributed by atoms with Crippen LogP contribution < -0.4 is 14.8 Å². The quantitative estimate of drug-likeness (QED) is 0.705. The molecule has 0 saturated carbocycles. The van der Waals surface area contributed by atoms with Gasteiger partial charge >= 0.3 is 0 Å². The molecule has 0 aliphatic carbocycles. The summed E-state index contributed by atoms with van der Waals surface area (Å²) < 4.78 is 39.4. The van der Waals surface area contributed by atoms with Gasteiger partial charge in [0.25, 0.3) is 5.91 Å². The largest absolute Gasteiger partial charge is 0.497 e. The topological polar surface area (TPSA) is 65.4 Å². The first-order valence-electron chi connectivity index (χ1n) is 8.42. The van der Waals surface area contributed by atoms with Crippen LogP contribution >= 0.6 is 0 Å². The molecule has 1 amide bonds. The lowest BCUT2D eigenvalue weighted by atomic mass is 10.1. The van der Waals surface area contributed by atoms with E-state index in [9.17, 15) is 13.6 Å². The molecule has 0 bridgehead atoms. The van der Waals surface area contributed by atoms with Crippen LogP contribution in [0.25, 0.3) is 11.3 Å². The predicted molar refractivity (Wildman–Crippen MR) is 99.3 cm³/mol. The van der Waals surface area contributed by atoms with Crippen molar-refractivity contribution in [3.8, 4) is 22.8 Å². The fraction of sp³-hybridized carbons (Fsp3) is 0.200. The Bertz CT molecular complexity index is 998. The lowest BCUT2D eigenvalue weighted by Gasteiger charge is -2.08. The van der Waals surface area contributed by atoms with Crippen molar-refractivity contribution in [2.24, 2.45) is 7.05 Å². The summed E-state index contributed by atoms with van der Waals surface area (Å²) in [5.41, 5.74) is 1.18. The number of hydrogen-bond donors (Lipinski definition) is 1. The first kappa shape index (κ1) is 19.3. The van der Waals surface area contributed by atoms with E-state index in [0.717, 1.165) is 12.1 Å². The molecule has 28 heavy (non-hydrogen) atoms. The van der Waals surface area contributed by atoms with Crippen LogP contribution in [0, 0.1) is 11.6 Å². The predicted octanol–water partition coefficient (Wildman–Crippen LogP) is 3.31. The molecular formula is C20H19F2N3O3. The molecular weight excluding hydrogens is 368 g/mol. The van der Waals surface area contributed by atoms with Crippen LogP contribution in [-0.4, -0.2) is 29.9 Å². The molecule has 1 N–H and O–H groups in total. The molecule has 0 spiro atoms. The molecule has 0 saturated heterocycles. The summed E-state index contributed by atoms with van der Waals surface area (Å²) in [7, 11) is 4.68. The van der Waals surface area contributed by atoms with Crippen molar-refractivity contribution in [3.05, 3.63) is 65.4 Å². The number of carbonyl (C=O) groups is 1.